The Morgan fingerprint density at radius 3 is 2.50 bits per heavy atom. The van der Waals surface area contributed by atoms with Gasteiger partial charge in [0.1, 0.15) is 17.5 Å². The van der Waals surface area contributed by atoms with Crippen LogP contribution in [0.4, 0.5) is 14.6 Å². The summed E-state index contributed by atoms with van der Waals surface area (Å²) in [6, 6.07) is 16.3. The van der Waals surface area contributed by atoms with Gasteiger partial charge in [-0.15, -0.1) is 0 Å². The first-order valence-electron chi connectivity index (χ1n) is 12.9. The zero-order chi connectivity index (χ0) is 25.5. The Labute approximate surface area is 213 Å². The number of hydrogen-bond donors (Lipinski definition) is 2. The van der Waals surface area contributed by atoms with E-state index in [1.165, 1.54) is 28.8 Å². The van der Waals surface area contributed by atoms with Crippen LogP contribution in [0, 0.1) is 17.6 Å². The molecule has 0 radical (unpaired) electrons. The van der Waals surface area contributed by atoms with Crippen molar-refractivity contribution in [1.82, 2.24) is 10.3 Å². The van der Waals surface area contributed by atoms with E-state index in [-0.39, 0.29) is 12.0 Å². The summed E-state index contributed by atoms with van der Waals surface area (Å²) in [5.74, 6) is 0.0922. The zero-order valence-electron chi connectivity index (χ0n) is 21.0. The molecule has 1 fully saturated rings. The number of pyridine rings is 1. The lowest BCUT2D eigenvalue weighted by molar-refractivity contribution is 0.412. The molecule has 2 aromatic carbocycles. The highest BCUT2D eigenvalue weighted by Gasteiger charge is 2.24. The highest BCUT2D eigenvalue weighted by molar-refractivity contribution is 5.67. The molecule has 2 heterocycles. The minimum atomic E-state index is -0.584. The number of rotatable bonds is 10. The highest BCUT2D eigenvalue weighted by atomic mass is 19.1. The van der Waals surface area contributed by atoms with Gasteiger partial charge in [-0.25, -0.2) is 13.8 Å². The van der Waals surface area contributed by atoms with Gasteiger partial charge in [0.25, 0.3) is 0 Å². The lowest BCUT2D eigenvalue weighted by atomic mass is 9.92. The Morgan fingerprint density at radius 2 is 1.81 bits per heavy atom. The largest absolute Gasteiger partial charge is 0.382 e. The Balaban J connectivity index is 1.39. The van der Waals surface area contributed by atoms with Crippen molar-refractivity contribution in [2.24, 2.45) is 11.7 Å². The van der Waals surface area contributed by atoms with Crippen LogP contribution in [0.1, 0.15) is 49.8 Å². The fourth-order valence-corrected chi connectivity index (χ4v) is 5.03. The normalized spacial score (nSPS) is 15.1. The van der Waals surface area contributed by atoms with E-state index in [0.717, 1.165) is 56.4 Å². The van der Waals surface area contributed by atoms with Gasteiger partial charge in [0.15, 0.2) is 0 Å². The summed E-state index contributed by atoms with van der Waals surface area (Å²) in [6.07, 6.45) is 6.52. The van der Waals surface area contributed by atoms with Crippen molar-refractivity contribution < 1.29 is 8.78 Å². The van der Waals surface area contributed by atoms with Crippen LogP contribution >= 0.6 is 0 Å². The van der Waals surface area contributed by atoms with Gasteiger partial charge in [-0.2, -0.15) is 0 Å². The number of aryl methyl sites for hydroxylation is 1. The van der Waals surface area contributed by atoms with Crippen LogP contribution in [0.25, 0.3) is 11.1 Å². The van der Waals surface area contributed by atoms with E-state index in [1.807, 2.05) is 6.20 Å². The highest BCUT2D eigenvalue weighted by Crippen LogP contribution is 2.30. The second-order valence-corrected chi connectivity index (χ2v) is 9.62. The van der Waals surface area contributed by atoms with Gasteiger partial charge < -0.3 is 16.0 Å². The SMILES string of the molecule is C=C(NC(CCN)c1cc(F)cc(F)c1)C1CCN(c2cc(-c3cccc(CCC)c3)ccn2)CC1. The van der Waals surface area contributed by atoms with Crippen molar-refractivity contribution in [3.8, 4) is 11.1 Å². The van der Waals surface area contributed by atoms with Crippen LogP contribution in [0.15, 0.2) is 73.1 Å². The van der Waals surface area contributed by atoms with Gasteiger partial charge in [-0.1, -0.05) is 44.2 Å². The maximum Gasteiger partial charge on any atom is 0.129 e. The quantitative estimate of drug-likeness (QED) is 0.346. The lowest BCUT2D eigenvalue weighted by Gasteiger charge is -2.35. The second kappa shape index (κ2) is 12.1. The molecule has 36 heavy (non-hydrogen) atoms. The summed E-state index contributed by atoms with van der Waals surface area (Å²) in [6.45, 7) is 8.62. The minimum Gasteiger partial charge on any atom is -0.382 e. The Bertz CT molecular complexity index is 1150. The molecule has 0 amide bonds. The molecule has 0 aliphatic carbocycles. The maximum absolute atomic E-state index is 13.8. The Morgan fingerprint density at radius 1 is 1.08 bits per heavy atom. The predicted octanol–water partition coefficient (Wildman–Crippen LogP) is 6.39. The van der Waals surface area contributed by atoms with E-state index >= 15 is 0 Å². The van der Waals surface area contributed by atoms with E-state index in [2.05, 4.69) is 65.1 Å². The predicted molar refractivity (Wildman–Crippen MR) is 144 cm³/mol. The molecule has 1 atom stereocenters. The standard InChI is InChI=1S/C30H36F2N4/c1-3-5-22-6-4-7-24(16-22)25-9-13-34-30(19-25)36-14-10-23(11-15-36)21(2)35-29(8-12-33)26-17-27(31)20-28(32)18-26/h4,6-7,9,13,16-20,23,29,35H,2-3,5,8,10-12,14-15,33H2,1H3. The summed E-state index contributed by atoms with van der Waals surface area (Å²) in [7, 11) is 0. The number of benzene rings is 2. The van der Waals surface area contributed by atoms with Crippen molar-refractivity contribution in [3.05, 3.63) is 95.8 Å². The third-order valence-electron chi connectivity index (χ3n) is 6.96. The fraction of sp³-hybridized carbons (Fsp3) is 0.367. The summed E-state index contributed by atoms with van der Waals surface area (Å²) >= 11 is 0. The number of hydrogen-bond acceptors (Lipinski definition) is 4. The van der Waals surface area contributed by atoms with Crippen molar-refractivity contribution >= 4 is 5.82 Å². The van der Waals surface area contributed by atoms with Gasteiger partial charge in [-0.05, 0) is 78.7 Å². The molecule has 0 saturated carbocycles. The van der Waals surface area contributed by atoms with E-state index < -0.39 is 11.6 Å². The average Bonchev–Trinajstić information content (AvgIpc) is 2.88. The molecule has 1 aromatic heterocycles. The minimum absolute atomic E-state index is 0.271. The molecular weight excluding hydrogens is 454 g/mol. The molecule has 190 valence electrons. The van der Waals surface area contributed by atoms with Gasteiger partial charge in [0.05, 0.1) is 6.04 Å². The van der Waals surface area contributed by atoms with Crippen LogP contribution in [0.5, 0.6) is 0 Å². The molecule has 4 rings (SSSR count). The molecule has 0 bridgehead atoms. The molecule has 3 aromatic rings. The first kappa shape index (κ1) is 25.8. The number of anilines is 1. The van der Waals surface area contributed by atoms with Gasteiger partial charge in [0.2, 0.25) is 0 Å². The van der Waals surface area contributed by atoms with E-state index in [9.17, 15) is 8.78 Å². The number of allylic oxidation sites excluding steroid dienone is 1. The van der Waals surface area contributed by atoms with Crippen molar-refractivity contribution in [2.45, 2.75) is 45.1 Å². The summed E-state index contributed by atoms with van der Waals surface area (Å²) in [5.41, 5.74) is 11.0. The number of aromatic nitrogens is 1. The van der Waals surface area contributed by atoms with Crippen molar-refractivity contribution in [3.63, 3.8) is 0 Å². The third kappa shape index (κ3) is 6.49. The lowest BCUT2D eigenvalue weighted by Crippen LogP contribution is -2.37. The summed E-state index contributed by atoms with van der Waals surface area (Å²) < 4.78 is 27.6. The molecule has 3 N–H and O–H groups in total. The fourth-order valence-electron chi connectivity index (χ4n) is 5.03. The molecule has 1 saturated heterocycles. The molecule has 1 unspecified atom stereocenters. The van der Waals surface area contributed by atoms with E-state index in [1.54, 1.807) is 0 Å². The third-order valence-corrected chi connectivity index (χ3v) is 6.96. The molecular formula is C30H36F2N4. The first-order valence-corrected chi connectivity index (χ1v) is 12.9. The topological polar surface area (TPSA) is 54.2 Å². The molecule has 1 aliphatic rings. The number of nitrogens with two attached hydrogens (primary N) is 1. The van der Waals surface area contributed by atoms with E-state index in [0.29, 0.717) is 18.5 Å². The van der Waals surface area contributed by atoms with Gasteiger partial charge in [0, 0.05) is 37.0 Å². The Kier molecular flexibility index (Phi) is 8.70. The molecule has 1 aliphatic heterocycles. The van der Waals surface area contributed by atoms with Crippen LogP contribution in [-0.2, 0) is 6.42 Å². The number of nitrogens with zero attached hydrogens (tertiary/aromatic N) is 2. The zero-order valence-corrected chi connectivity index (χ0v) is 21.0. The van der Waals surface area contributed by atoms with Crippen molar-refractivity contribution in [2.75, 3.05) is 24.5 Å². The average molecular weight is 491 g/mol. The van der Waals surface area contributed by atoms with Gasteiger partial charge in [-0.3, -0.25) is 0 Å². The summed E-state index contributed by atoms with van der Waals surface area (Å²) in [4.78, 5) is 6.97. The van der Waals surface area contributed by atoms with Crippen LogP contribution in [-0.4, -0.2) is 24.6 Å². The molecule has 0 spiro atoms. The smallest absolute Gasteiger partial charge is 0.129 e. The molecule has 4 nitrogen and oxygen atoms in total. The van der Waals surface area contributed by atoms with E-state index in [4.69, 9.17) is 5.73 Å². The number of halogens is 2. The van der Waals surface area contributed by atoms with Crippen molar-refractivity contribution in [1.29, 1.82) is 0 Å². The maximum atomic E-state index is 13.8. The van der Waals surface area contributed by atoms with Crippen LogP contribution in [0.2, 0.25) is 0 Å². The second-order valence-electron chi connectivity index (χ2n) is 9.62. The number of nitrogens with one attached hydrogen (secondary N) is 1. The van der Waals surface area contributed by atoms with Gasteiger partial charge >= 0.3 is 0 Å². The molecule has 6 heteroatoms. The van der Waals surface area contributed by atoms with Crippen LogP contribution in [0.3, 0.4) is 0 Å². The number of piperidine rings is 1. The Hall–Kier alpha value is -3.25. The monoisotopic (exact) mass is 490 g/mol. The summed E-state index contributed by atoms with van der Waals surface area (Å²) in [5, 5.41) is 3.42. The first-order chi connectivity index (χ1) is 17.5. The van der Waals surface area contributed by atoms with Crippen LogP contribution < -0.4 is 16.0 Å².